The van der Waals surface area contributed by atoms with Crippen LogP contribution in [0.3, 0.4) is 0 Å². The van der Waals surface area contributed by atoms with Gasteiger partial charge in [-0.3, -0.25) is 4.79 Å². The number of anilines is 2. The molecule has 1 aliphatic rings. The van der Waals surface area contributed by atoms with Crippen LogP contribution in [0.2, 0.25) is 5.04 Å². The minimum absolute atomic E-state index is 0.0796. The molecule has 0 radical (unpaired) electrons. The number of carbonyl (C=O) groups excluding carboxylic acids is 1. The second-order valence-electron chi connectivity index (χ2n) is 9.09. The van der Waals surface area contributed by atoms with E-state index in [-0.39, 0.29) is 16.9 Å². The lowest BCUT2D eigenvalue weighted by Crippen LogP contribution is -2.67. The highest BCUT2D eigenvalue weighted by molar-refractivity contribution is 9.10. The van der Waals surface area contributed by atoms with Gasteiger partial charge < -0.3 is 15.1 Å². The average Bonchev–Trinajstić information content (AvgIpc) is 2.93. The second kappa shape index (κ2) is 9.17. The molecule has 0 saturated carbocycles. The van der Waals surface area contributed by atoms with Gasteiger partial charge in [-0.2, -0.15) is 0 Å². The summed E-state index contributed by atoms with van der Waals surface area (Å²) < 4.78 is 7.82. The van der Waals surface area contributed by atoms with E-state index in [2.05, 4.69) is 101 Å². The number of nitrogens with zero attached hydrogens (tertiary/aromatic N) is 1. The summed E-state index contributed by atoms with van der Waals surface area (Å²) in [6, 6.07) is 22.9. The van der Waals surface area contributed by atoms with Crippen LogP contribution in [0, 0.1) is 5.92 Å². The van der Waals surface area contributed by atoms with E-state index < -0.39 is 8.32 Å². The third-order valence-electron chi connectivity index (χ3n) is 5.92. The molecule has 1 amide bonds. The lowest BCUT2D eigenvalue weighted by atomic mass is 10.1. The maximum absolute atomic E-state index is 13.0. The molecule has 0 fully saturated rings. The van der Waals surface area contributed by atoms with Gasteiger partial charge in [0.25, 0.3) is 8.32 Å². The highest BCUT2D eigenvalue weighted by atomic mass is 79.9. The van der Waals surface area contributed by atoms with Gasteiger partial charge in [-0.1, -0.05) is 81.4 Å². The third kappa shape index (κ3) is 4.37. The van der Waals surface area contributed by atoms with Crippen molar-refractivity contribution in [1.29, 1.82) is 0 Å². The van der Waals surface area contributed by atoms with E-state index in [0.29, 0.717) is 19.0 Å². The average molecular weight is 511 g/mol. The monoisotopic (exact) mass is 509 g/mol. The minimum atomic E-state index is -2.70. The molecule has 0 bridgehead atoms. The molecule has 5 nitrogen and oxygen atoms in total. The molecule has 1 atom stereocenters. The molecular weight excluding hydrogens is 482 g/mol. The summed E-state index contributed by atoms with van der Waals surface area (Å²) in [5.74, 6) is 0.125. The molecule has 32 heavy (non-hydrogen) atoms. The Labute approximate surface area is 198 Å². The summed E-state index contributed by atoms with van der Waals surface area (Å²) in [4.78, 5) is 17.4. The standard InChI is InChI=1S/C25H28BrN3O2Si/c1-25(2,3)32(20-10-6-4-7-11-20,21-12-8-5-9-13-21)31-17-18-15-27-22-14-19(26)16-28-23(22)29-24(18)30/h4-14,16,18,27H,15,17H2,1-3H3,(H,28,29,30). The van der Waals surface area contributed by atoms with Crippen molar-refractivity contribution in [3.05, 3.63) is 77.4 Å². The van der Waals surface area contributed by atoms with E-state index in [1.165, 1.54) is 10.4 Å². The summed E-state index contributed by atoms with van der Waals surface area (Å²) >= 11 is 3.44. The number of fused-ring (bicyclic) bond motifs is 1. The van der Waals surface area contributed by atoms with Crippen molar-refractivity contribution >= 4 is 52.0 Å². The van der Waals surface area contributed by atoms with Gasteiger partial charge in [0.2, 0.25) is 5.91 Å². The SMILES string of the molecule is CC(C)(C)[Si](OCC1CNc2cc(Br)cnc2NC1=O)(c1ccccc1)c1ccccc1. The maximum Gasteiger partial charge on any atom is 0.261 e. The zero-order valence-corrected chi connectivity index (χ0v) is 21.1. The lowest BCUT2D eigenvalue weighted by molar-refractivity contribution is -0.120. The summed E-state index contributed by atoms with van der Waals surface area (Å²) in [7, 11) is -2.70. The summed E-state index contributed by atoms with van der Waals surface area (Å²) in [5, 5.41) is 8.58. The molecular formula is C25H28BrN3O2Si. The highest BCUT2D eigenvalue weighted by Gasteiger charge is 2.50. The van der Waals surface area contributed by atoms with E-state index in [1.807, 2.05) is 18.2 Å². The second-order valence-corrected chi connectivity index (χ2v) is 14.3. The van der Waals surface area contributed by atoms with Gasteiger partial charge in [0, 0.05) is 23.8 Å². The fourth-order valence-corrected chi connectivity index (χ4v) is 9.28. The van der Waals surface area contributed by atoms with Crippen molar-refractivity contribution in [2.45, 2.75) is 25.8 Å². The fourth-order valence-electron chi connectivity index (χ4n) is 4.34. The molecule has 1 aliphatic heterocycles. The Kier molecular flexibility index (Phi) is 6.51. The van der Waals surface area contributed by atoms with Crippen molar-refractivity contribution in [3.8, 4) is 0 Å². The zero-order valence-electron chi connectivity index (χ0n) is 18.6. The van der Waals surface area contributed by atoms with Crippen LogP contribution in [-0.2, 0) is 9.22 Å². The molecule has 1 aromatic heterocycles. The molecule has 7 heteroatoms. The van der Waals surface area contributed by atoms with Gasteiger partial charge in [-0.05, 0) is 37.4 Å². The van der Waals surface area contributed by atoms with E-state index in [1.54, 1.807) is 6.20 Å². The van der Waals surface area contributed by atoms with Gasteiger partial charge in [0.1, 0.15) is 0 Å². The number of amides is 1. The van der Waals surface area contributed by atoms with E-state index in [9.17, 15) is 4.79 Å². The maximum atomic E-state index is 13.0. The van der Waals surface area contributed by atoms with Gasteiger partial charge in [-0.15, -0.1) is 0 Å². The smallest absolute Gasteiger partial charge is 0.261 e. The molecule has 0 saturated heterocycles. The van der Waals surface area contributed by atoms with Crippen LogP contribution in [0.25, 0.3) is 0 Å². The summed E-state index contributed by atoms with van der Waals surface area (Å²) in [6.45, 7) is 7.52. The number of hydrogen-bond acceptors (Lipinski definition) is 4. The number of carbonyl (C=O) groups is 1. The predicted octanol–water partition coefficient (Wildman–Crippen LogP) is 4.40. The number of hydrogen-bond donors (Lipinski definition) is 2. The molecule has 2 N–H and O–H groups in total. The van der Waals surface area contributed by atoms with Gasteiger partial charge in [-0.25, -0.2) is 4.98 Å². The van der Waals surface area contributed by atoms with Crippen molar-refractivity contribution in [1.82, 2.24) is 4.98 Å². The van der Waals surface area contributed by atoms with Crippen LogP contribution in [0.15, 0.2) is 77.4 Å². The van der Waals surface area contributed by atoms with Crippen LogP contribution < -0.4 is 21.0 Å². The number of rotatable bonds is 5. The number of halogens is 1. The Morgan fingerprint density at radius 3 is 2.22 bits per heavy atom. The minimum Gasteiger partial charge on any atom is -0.407 e. The molecule has 1 unspecified atom stereocenters. The van der Waals surface area contributed by atoms with Gasteiger partial charge in [0.15, 0.2) is 5.82 Å². The van der Waals surface area contributed by atoms with E-state index in [4.69, 9.17) is 4.43 Å². The number of benzene rings is 2. The van der Waals surface area contributed by atoms with E-state index in [0.717, 1.165) is 10.2 Å². The van der Waals surface area contributed by atoms with Gasteiger partial charge >= 0.3 is 0 Å². The largest absolute Gasteiger partial charge is 0.407 e. The number of nitrogens with one attached hydrogen (secondary N) is 2. The van der Waals surface area contributed by atoms with Crippen LogP contribution >= 0.6 is 15.9 Å². The van der Waals surface area contributed by atoms with Gasteiger partial charge in [0.05, 0.1) is 11.6 Å². The number of aromatic nitrogens is 1. The highest BCUT2D eigenvalue weighted by Crippen LogP contribution is 2.37. The van der Waals surface area contributed by atoms with Crippen LogP contribution in [0.4, 0.5) is 11.5 Å². The first-order chi connectivity index (χ1) is 15.3. The van der Waals surface area contributed by atoms with Crippen LogP contribution in [0.1, 0.15) is 20.8 Å². The number of pyridine rings is 1. The summed E-state index contributed by atoms with van der Waals surface area (Å²) in [6.07, 6.45) is 1.68. The Morgan fingerprint density at radius 2 is 1.66 bits per heavy atom. The fraction of sp³-hybridized carbons (Fsp3) is 0.280. The Morgan fingerprint density at radius 1 is 1.06 bits per heavy atom. The predicted molar refractivity (Wildman–Crippen MR) is 136 cm³/mol. The molecule has 3 aromatic rings. The Balaban J connectivity index is 1.68. The molecule has 0 spiro atoms. The van der Waals surface area contributed by atoms with Crippen molar-refractivity contribution < 1.29 is 9.22 Å². The first kappa shape index (κ1) is 22.7. The van der Waals surface area contributed by atoms with Crippen molar-refractivity contribution in [3.63, 3.8) is 0 Å². The van der Waals surface area contributed by atoms with Crippen molar-refractivity contribution in [2.24, 2.45) is 5.92 Å². The normalized spacial score (nSPS) is 16.5. The van der Waals surface area contributed by atoms with E-state index >= 15 is 0 Å². The first-order valence-electron chi connectivity index (χ1n) is 10.8. The van der Waals surface area contributed by atoms with Crippen LogP contribution in [-0.4, -0.2) is 32.4 Å². The first-order valence-corrected chi connectivity index (χ1v) is 13.5. The summed E-state index contributed by atoms with van der Waals surface area (Å²) in [5.41, 5.74) is 0.806. The Hall–Kier alpha value is -2.48. The molecule has 0 aliphatic carbocycles. The van der Waals surface area contributed by atoms with Crippen molar-refractivity contribution in [2.75, 3.05) is 23.8 Å². The lowest BCUT2D eigenvalue weighted by Gasteiger charge is -2.43. The molecule has 2 heterocycles. The Bertz CT molecular complexity index is 1050. The third-order valence-corrected chi connectivity index (χ3v) is 11.4. The van der Waals surface area contributed by atoms with Crippen LogP contribution in [0.5, 0.6) is 0 Å². The topological polar surface area (TPSA) is 63.2 Å². The molecule has 2 aromatic carbocycles. The quantitative estimate of drug-likeness (QED) is 0.500. The molecule has 166 valence electrons. The molecule has 4 rings (SSSR count). The zero-order chi connectivity index (χ0) is 22.8.